The van der Waals surface area contributed by atoms with E-state index in [1.54, 1.807) is 17.0 Å². The maximum absolute atomic E-state index is 14.8. The van der Waals surface area contributed by atoms with Crippen LogP contribution in [-0.4, -0.2) is 49.4 Å². The van der Waals surface area contributed by atoms with Crippen molar-refractivity contribution in [3.05, 3.63) is 66.0 Å². The fraction of sp³-hybridized carbons (Fsp3) is 0.375. The van der Waals surface area contributed by atoms with Gasteiger partial charge in [-0.05, 0) is 43.9 Å². The van der Waals surface area contributed by atoms with Crippen molar-refractivity contribution in [2.75, 3.05) is 11.9 Å². The van der Waals surface area contributed by atoms with Crippen molar-refractivity contribution < 1.29 is 22.4 Å². The molecular formula is C24H24F4N6O. The maximum atomic E-state index is 14.8. The van der Waals surface area contributed by atoms with Crippen LogP contribution in [0.4, 0.5) is 23.5 Å². The number of anilines is 1. The van der Waals surface area contributed by atoms with E-state index in [1.807, 2.05) is 13.8 Å². The molecule has 0 radical (unpaired) electrons. The zero-order valence-corrected chi connectivity index (χ0v) is 19.1. The lowest BCUT2D eigenvalue weighted by molar-refractivity contribution is -0.138. The number of amides is 1. The zero-order valence-electron chi connectivity index (χ0n) is 19.1. The molecule has 3 heterocycles. The minimum atomic E-state index is -4.53. The molecule has 1 aliphatic rings. The van der Waals surface area contributed by atoms with Crippen LogP contribution in [0.2, 0.25) is 0 Å². The van der Waals surface area contributed by atoms with Gasteiger partial charge >= 0.3 is 6.18 Å². The third kappa shape index (κ3) is 5.39. The van der Waals surface area contributed by atoms with Gasteiger partial charge in [0.1, 0.15) is 5.82 Å². The van der Waals surface area contributed by atoms with E-state index in [4.69, 9.17) is 0 Å². The average molecular weight is 488 g/mol. The number of hydrogen-bond acceptors (Lipinski definition) is 6. The van der Waals surface area contributed by atoms with Gasteiger partial charge in [-0.3, -0.25) is 4.79 Å². The summed E-state index contributed by atoms with van der Waals surface area (Å²) in [6.45, 7) is 4.28. The van der Waals surface area contributed by atoms with E-state index in [0.29, 0.717) is 25.4 Å². The standard InChI is InChI=1S/C24H24F4N6O/c1-14-7-8-19(15(2)33-23-31-11-16(12-32-23)24(26,27)28)34(13-14)22(35)17-5-3-6-18(25)20(17)21-29-9-4-10-30-21/h3-6,9-12,14-15,19H,7-8,13H2,1-2H3,(H,31,32,33). The Balaban J connectivity index is 1.61. The molecule has 2 aromatic heterocycles. The highest BCUT2D eigenvalue weighted by Crippen LogP contribution is 2.31. The topological polar surface area (TPSA) is 83.9 Å². The van der Waals surface area contributed by atoms with Crippen molar-refractivity contribution in [1.29, 1.82) is 0 Å². The van der Waals surface area contributed by atoms with Crippen LogP contribution in [-0.2, 0) is 6.18 Å². The monoisotopic (exact) mass is 488 g/mol. The normalized spacial score (nSPS) is 19.3. The molecule has 0 saturated carbocycles. The first-order chi connectivity index (χ1) is 16.6. The Hall–Kier alpha value is -3.63. The lowest BCUT2D eigenvalue weighted by Crippen LogP contribution is -2.53. The van der Waals surface area contributed by atoms with Crippen molar-refractivity contribution in [3.8, 4) is 11.4 Å². The van der Waals surface area contributed by atoms with Gasteiger partial charge in [0.2, 0.25) is 5.95 Å². The van der Waals surface area contributed by atoms with E-state index < -0.39 is 17.6 Å². The summed E-state index contributed by atoms with van der Waals surface area (Å²) in [7, 11) is 0. The fourth-order valence-electron chi connectivity index (χ4n) is 4.29. The Kier molecular flexibility index (Phi) is 6.95. The molecule has 0 spiro atoms. The van der Waals surface area contributed by atoms with Crippen LogP contribution in [0.3, 0.4) is 0 Å². The molecule has 1 fully saturated rings. The molecule has 11 heteroatoms. The minimum absolute atomic E-state index is 0.0284. The van der Waals surface area contributed by atoms with Crippen molar-refractivity contribution in [1.82, 2.24) is 24.8 Å². The summed E-state index contributed by atoms with van der Waals surface area (Å²) in [5.41, 5.74) is -0.768. The number of nitrogens with one attached hydrogen (secondary N) is 1. The summed E-state index contributed by atoms with van der Waals surface area (Å²) >= 11 is 0. The number of piperidine rings is 1. The Morgan fingerprint density at radius 3 is 2.43 bits per heavy atom. The first-order valence-corrected chi connectivity index (χ1v) is 11.2. The summed E-state index contributed by atoms with van der Waals surface area (Å²) in [6.07, 6.45) is 1.35. The molecule has 184 valence electrons. The quantitative estimate of drug-likeness (QED) is 0.518. The lowest BCUT2D eigenvalue weighted by atomic mass is 9.89. The van der Waals surface area contributed by atoms with Gasteiger partial charge in [0.15, 0.2) is 5.82 Å². The third-order valence-electron chi connectivity index (χ3n) is 6.07. The van der Waals surface area contributed by atoms with Gasteiger partial charge in [0, 0.05) is 37.4 Å². The number of carbonyl (C=O) groups is 1. The van der Waals surface area contributed by atoms with Crippen molar-refractivity contribution in [2.24, 2.45) is 5.92 Å². The van der Waals surface area contributed by atoms with Crippen molar-refractivity contribution in [2.45, 2.75) is 44.9 Å². The Morgan fingerprint density at radius 2 is 1.77 bits per heavy atom. The van der Waals surface area contributed by atoms with Gasteiger partial charge in [-0.15, -0.1) is 0 Å². The highest BCUT2D eigenvalue weighted by Gasteiger charge is 2.36. The van der Waals surface area contributed by atoms with Gasteiger partial charge in [0.05, 0.1) is 22.7 Å². The molecule has 4 rings (SSSR count). The van der Waals surface area contributed by atoms with E-state index in [-0.39, 0.29) is 46.8 Å². The second kappa shape index (κ2) is 9.93. The third-order valence-corrected chi connectivity index (χ3v) is 6.07. The van der Waals surface area contributed by atoms with Crippen LogP contribution in [0.1, 0.15) is 42.6 Å². The Morgan fingerprint density at radius 1 is 1.09 bits per heavy atom. The number of rotatable bonds is 5. The molecule has 1 aliphatic heterocycles. The molecule has 0 aliphatic carbocycles. The van der Waals surface area contributed by atoms with Crippen LogP contribution in [0.25, 0.3) is 11.4 Å². The second-order valence-electron chi connectivity index (χ2n) is 8.67. The highest BCUT2D eigenvalue weighted by atomic mass is 19.4. The lowest BCUT2D eigenvalue weighted by Gasteiger charge is -2.42. The molecule has 3 aromatic rings. The molecule has 3 unspecified atom stereocenters. The number of aromatic nitrogens is 4. The van der Waals surface area contributed by atoms with Gasteiger partial charge in [-0.2, -0.15) is 13.2 Å². The molecule has 0 bridgehead atoms. The first-order valence-electron chi connectivity index (χ1n) is 11.2. The molecule has 7 nitrogen and oxygen atoms in total. The Bertz CT molecular complexity index is 1170. The summed E-state index contributed by atoms with van der Waals surface area (Å²) in [4.78, 5) is 31.2. The second-order valence-corrected chi connectivity index (χ2v) is 8.67. The Labute approximate surface area is 199 Å². The van der Waals surface area contributed by atoms with E-state index in [0.717, 1.165) is 6.42 Å². The van der Waals surface area contributed by atoms with Crippen LogP contribution in [0, 0.1) is 11.7 Å². The number of alkyl halides is 3. The number of nitrogens with zero attached hydrogens (tertiary/aromatic N) is 5. The average Bonchev–Trinajstić information content (AvgIpc) is 2.83. The summed E-state index contributed by atoms with van der Waals surface area (Å²) in [5.74, 6) is -0.617. The highest BCUT2D eigenvalue weighted by molar-refractivity contribution is 6.00. The SMILES string of the molecule is CC1CCC(C(C)Nc2ncc(C(F)(F)F)cn2)N(C(=O)c2cccc(F)c2-c2ncccn2)C1. The van der Waals surface area contributed by atoms with Crippen LogP contribution in [0.5, 0.6) is 0 Å². The zero-order chi connectivity index (χ0) is 25.2. The first kappa shape index (κ1) is 24.5. The molecular weight excluding hydrogens is 464 g/mol. The van der Waals surface area contributed by atoms with Crippen molar-refractivity contribution in [3.63, 3.8) is 0 Å². The number of likely N-dealkylation sites (tertiary alicyclic amines) is 1. The predicted octanol–water partition coefficient (Wildman–Crippen LogP) is 4.83. The summed E-state index contributed by atoms with van der Waals surface area (Å²) in [6, 6.07) is 5.17. The number of benzene rings is 1. The largest absolute Gasteiger partial charge is 0.419 e. The predicted molar refractivity (Wildman–Crippen MR) is 121 cm³/mol. The summed E-state index contributed by atoms with van der Waals surface area (Å²) < 4.78 is 53.3. The summed E-state index contributed by atoms with van der Waals surface area (Å²) in [5, 5.41) is 3.02. The smallest absolute Gasteiger partial charge is 0.350 e. The van der Waals surface area contributed by atoms with Crippen LogP contribution in [0.15, 0.2) is 49.1 Å². The fourth-order valence-corrected chi connectivity index (χ4v) is 4.29. The van der Waals surface area contributed by atoms with E-state index in [9.17, 15) is 22.4 Å². The number of hydrogen-bond donors (Lipinski definition) is 1. The van der Waals surface area contributed by atoms with Gasteiger partial charge < -0.3 is 10.2 Å². The van der Waals surface area contributed by atoms with Gasteiger partial charge in [-0.1, -0.05) is 13.0 Å². The molecule has 1 saturated heterocycles. The van der Waals surface area contributed by atoms with Crippen molar-refractivity contribution >= 4 is 11.9 Å². The molecule has 1 aromatic carbocycles. The molecule has 1 N–H and O–H groups in total. The molecule has 3 atom stereocenters. The molecule has 1 amide bonds. The van der Waals surface area contributed by atoms with E-state index in [2.05, 4.69) is 25.3 Å². The van der Waals surface area contributed by atoms with E-state index in [1.165, 1.54) is 24.5 Å². The number of halogens is 4. The van der Waals surface area contributed by atoms with Crippen LogP contribution < -0.4 is 5.32 Å². The number of carbonyl (C=O) groups excluding carboxylic acids is 1. The van der Waals surface area contributed by atoms with E-state index >= 15 is 0 Å². The van der Waals surface area contributed by atoms with Gasteiger partial charge in [0.25, 0.3) is 5.91 Å². The van der Waals surface area contributed by atoms with Gasteiger partial charge in [-0.25, -0.2) is 24.3 Å². The van der Waals surface area contributed by atoms with Crippen LogP contribution >= 0.6 is 0 Å². The maximum Gasteiger partial charge on any atom is 0.419 e. The minimum Gasteiger partial charge on any atom is -0.350 e. The molecule has 35 heavy (non-hydrogen) atoms.